The molecule has 0 aromatic heterocycles. The molecule has 4 aliphatic heterocycles. The number of aliphatic hydroxyl groups is 2. The van der Waals surface area contributed by atoms with Crippen LogP contribution in [0.15, 0.2) is 47.3 Å². The molecule has 4 rings (SSSR count). The molecular formula is C43H64O14. The number of hydrogen-bond acceptors (Lipinski definition) is 14. The van der Waals surface area contributed by atoms with Gasteiger partial charge in [-0.2, -0.15) is 0 Å². The van der Waals surface area contributed by atoms with E-state index in [1.807, 2.05) is 39.8 Å². The summed E-state index contributed by atoms with van der Waals surface area (Å²) < 4.78 is 48.2. The molecule has 0 spiro atoms. The number of hydrogen-bond donors (Lipinski definition) is 2. The fourth-order valence-electron chi connectivity index (χ4n) is 7.81. The van der Waals surface area contributed by atoms with Crippen molar-refractivity contribution in [3.63, 3.8) is 0 Å². The first-order chi connectivity index (χ1) is 26.5. The smallest absolute Gasteiger partial charge is 0.330 e. The van der Waals surface area contributed by atoms with Gasteiger partial charge in [0.1, 0.15) is 24.1 Å². The first kappa shape index (κ1) is 46.1. The van der Waals surface area contributed by atoms with Crippen LogP contribution in [0.3, 0.4) is 0 Å². The summed E-state index contributed by atoms with van der Waals surface area (Å²) in [5.74, 6) is -3.11. The molecule has 0 unspecified atom stereocenters. The zero-order valence-electron chi connectivity index (χ0n) is 35.5. The van der Waals surface area contributed by atoms with Crippen molar-refractivity contribution in [3.8, 4) is 0 Å². The summed E-state index contributed by atoms with van der Waals surface area (Å²) in [5, 5.41) is 22.1. The number of esters is 4. The zero-order valence-corrected chi connectivity index (χ0v) is 35.5. The van der Waals surface area contributed by atoms with E-state index in [1.54, 1.807) is 26.8 Å². The maximum atomic E-state index is 13.4. The first-order valence-corrected chi connectivity index (χ1v) is 19.8. The van der Waals surface area contributed by atoms with Gasteiger partial charge in [-0.1, -0.05) is 31.6 Å². The number of aliphatic hydroxyl groups excluding tert-OH is 2. The highest BCUT2D eigenvalue weighted by atomic mass is 16.7. The number of carbonyl (C=O) groups is 4. The minimum atomic E-state index is -1.43. The molecular weight excluding hydrogens is 740 g/mol. The van der Waals surface area contributed by atoms with Gasteiger partial charge in [0.2, 0.25) is 0 Å². The molecule has 2 fully saturated rings. The third-order valence-electron chi connectivity index (χ3n) is 11.3. The number of allylic oxidation sites excluding steroid dienone is 2. The van der Waals surface area contributed by atoms with Crippen LogP contribution in [0.1, 0.15) is 107 Å². The first-order valence-electron chi connectivity index (χ1n) is 19.8. The average molecular weight is 805 g/mol. The quantitative estimate of drug-likeness (QED) is 0.157. The lowest BCUT2D eigenvalue weighted by Crippen LogP contribution is -2.63. The third-order valence-corrected chi connectivity index (χ3v) is 11.3. The summed E-state index contributed by atoms with van der Waals surface area (Å²) >= 11 is 0. The van der Waals surface area contributed by atoms with Gasteiger partial charge in [-0.05, 0) is 66.0 Å². The molecule has 0 aromatic rings. The maximum Gasteiger partial charge on any atom is 0.330 e. The predicted molar refractivity (Wildman–Crippen MR) is 207 cm³/mol. The van der Waals surface area contributed by atoms with E-state index in [9.17, 15) is 29.4 Å². The molecule has 57 heavy (non-hydrogen) atoms. The van der Waals surface area contributed by atoms with Crippen LogP contribution in [0.25, 0.3) is 0 Å². The molecule has 0 aromatic carbocycles. The summed E-state index contributed by atoms with van der Waals surface area (Å²) in [7, 11) is 4.12. The van der Waals surface area contributed by atoms with Crippen molar-refractivity contribution in [2.75, 3.05) is 21.3 Å². The molecule has 2 N–H and O–H groups in total. The summed E-state index contributed by atoms with van der Waals surface area (Å²) in [4.78, 5) is 51.6. The molecule has 320 valence electrons. The SMILES string of the molecule is COC(=O)/C=C1\C=C2O[C@@H](C1)C[C@H]([C@@H](C)O)OC(=O)C[C@H](O)C[C@@H]1C[C@H](OC(=O)C(C)(C)C)C(C)(C)[C@](OC)(C[C@@H]3C/C(=C/C(=O)OC)C[C@H](/C=C\C2(C)C)O3)O1. The van der Waals surface area contributed by atoms with Crippen LogP contribution >= 0.6 is 0 Å². The topological polar surface area (TPSA) is 183 Å². The molecule has 6 bridgehead atoms. The highest BCUT2D eigenvalue weighted by molar-refractivity contribution is 5.83. The van der Waals surface area contributed by atoms with Crippen LogP contribution in [-0.4, -0.2) is 110 Å². The zero-order chi connectivity index (χ0) is 42.5. The number of fused-ring (bicyclic) bond motifs is 6. The summed E-state index contributed by atoms with van der Waals surface area (Å²) in [6, 6.07) is 0. The monoisotopic (exact) mass is 804 g/mol. The normalized spacial score (nSPS) is 34.7. The van der Waals surface area contributed by atoms with Crippen molar-refractivity contribution in [1.82, 2.24) is 0 Å². The van der Waals surface area contributed by atoms with Crippen molar-refractivity contribution in [2.45, 2.75) is 161 Å². The van der Waals surface area contributed by atoms with E-state index in [1.165, 1.54) is 40.4 Å². The second kappa shape index (κ2) is 18.6. The van der Waals surface area contributed by atoms with Gasteiger partial charge in [-0.25, -0.2) is 9.59 Å². The Kier molecular flexibility index (Phi) is 15.0. The second-order valence-corrected chi connectivity index (χ2v) is 17.9. The fourth-order valence-corrected chi connectivity index (χ4v) is 7.81. The predicted octanol–water partition coefficient (Wildman–Crippen LogP) is 5.33. The highest BCUT2D eigenvalue weighted by Gasteiger charge is 2.59. The molecule has 0 radical (unpaired) electrons. The highest BCUT2D eigenvalue weighted by Crippen LogP contribution is 2.51. The van der Waals surface area contributed by atoms with Crippen LogP contribution in [0, 0.1) is 16.2 Å². The van der Waals surface area contributed by atoms with E-state index >= 15 is 0 Å². The molecule has 0 amide bonds. The van der Waals surface area contributed by atoms with Gasteiger partial charge in [-0.15, -0.1) is 0 Å². The second-order valence-electron chi connectivity index (χ2n) is 17.9. The third kappa shape index (κ3) is 11.8. The molecule has 14 heteroatoms. The molecule has 0 aliphatic carbocycles. The standard InChI is InChI=1S/C43H64O14/c1-25(44)33-22-30-15-27(19-37(47)51-10)17-34(54-30)41(5,6)13-12-29-14-26(18-36(46)50-9)16-32(53-29)24-43(52-11)42(7,8)35(56-39(49)40(2,3)4)23-31(57-43)20-28(45)21-38(48)55-33/h12-13,17-19,25,28-33,35,44-45H,14-16,20-24H2,1-11H3/b13-12-,26-18+,27-19-/t25-,28-,29+,30+,31-,32+,33-,35+,43+/m1/s1. The summed E-state index contributed by atoms with van der Waals surface area (Å²) in [6.07, 6.45) is 3.04. The molecule has 4 heterocycles. The van der Waals surface area contributed by atoms with Crippen molar-refractivity contribution < 1.29 is 67.3 Å². The Balaban J connectivity index is 1.83. The van der Waals surface area contributed by atoms with Crippen molar-refractivity contribution >= 4 is 23.9 Å². The van der Waals surface area contributed by atoms with Gasteiger partial charge in [0, 0.05) is 56.8 Å². The Morgan fingerprint density at radius 3 is 2.18 bits per heavy atom. The Bertz CT molecular complexity index is 1600. The Morgan fingerprint density at radius 1 is 0.895 bits per heavy atom. The lowest BCUT2D eigenvalue weighted by Gasteiger charge is -2.55. The van der Waals surface area contributed by atoms with Gasteiger partial charge >= 0.3 is 23.9 Å². The van der Waals surface area contributed by atoms with Gasteiger partial charge in [0.25, 0.3) is 0 Å². The number of rotatable bonds is 5. The maximum absolute atomic E-state index is 13.4. The lowest BCUT2D eigenvalue weighted by molar-refractivity contribution is -0.358. The van der Waals surface area contributed by atoms with Crippen molar-refractivity contribution in [1.29, 1.82) is 0 Å². The minimum Gasteiger partial charge on any atom is -0.493 e. The molecule has 14 nitrogen and oxygen atoms in total. The van der Waals surface area contributed by atoms with Gasteiger partial charge in [-0.3, -0.25) is 9.59 Å². The lowest BCUT2D eigenvalue weighted by atomic mass is 9.70. The van der Waals surface area contributed by atoms with Crippen LogP contribution < -0.4 is 0 Å². The summed E-state index contributed by atoms with van der Waals surface area (Å²) in [5.41, 5.74) is -1.11. The van der Waals surface area contributed by atoms with Crippen LogP contribution in [0.5, 0.6) is 0 Å². The van der Waals surface area contributed by atoms with E-state index in [0.29, 0.717) is 24.2 Å². The molecule has 4 aliphatic rings. The average Bonchev–Trinajstić information content (AvgIpc) is 3.11. The minimum absolute atomic E-state index is 0.0275. The molecule has 2 saturated heterocycles. The van der Waals surface area contributed by atoms with Gasteiger partial charge in [0.05, 0.1) is 62.0 Å². The van der Waals surface area contributed by atoms with Crippen molar-refractivity contribution in [2.24, 2.45) is 16.2 Å². The molecule has 9 atom stereocenters. The number of carbonyl (C=O) groups excluding carboxylic acids is 4. The van der Waals surface area contributed by atoms with Crippen LogP contribution in [-0.2, 0) is 57.1 Å². The fraction of sp³-hybridized carbons (Fsp3) is 0.721. The molecule has 0 saturated carbocycles. The number of ether oxygens (including phenoxy) is 8. The van der Waals surface area contributed by atoms with E-state index in [2.05, 4.69) is 0 Å². The van der Waals surface area contributed by atoms with E-state index in [-0.39, 0.29) is 32.1 Å². The number of methoxy groups -OCH3 is 3. The summed E-state index contributed by atoms with van der Waals surface area (Å²) in [6.45, 7) is 14.5. The van der Waals surface area contributed by atoms with E-state index < -0.39 is 101 Å². The van der Waals surface area contributed by atoms with E-state index in [0.717, 1.165) is 5.57 Å². The van der Waals surface area contributed by atoms with E-state index in [4.69, 9.17) is 37.9 Å². The van der Waals surface area contributed by atoms with Gasteiger partial charge in [0.15, 0.2) is 5.79 Å². The van der Waals surface area contributed by atoms with Crippen LogP contribution in [0.2, 0.25) is 0 Å². The van der Waals surface area contributed by atoms with Crippen molar-refractivity contribution in [3.05, 3.63) is 47.3 Å². The Labute approximate surface area is 336 Å². The Morgan fingerprint density at radius 2 is 1.56 bits per heavy atom. The number of cyclic esters (lactones) is 1. The van der Waals surface area contributed by atoms with Gasteiger partial charge < -0.3 is 48.1 Å². The van der Waals surface area contributed by atoms with Crippen LogP contribution in [0.4, 0.5) is 0 Å². The Hall–Kier alpha value is -3.56. The largest absolute Gasteiger partial charge is 0.493 e.